The fraction of sp³-hybridized carbons (Fsp3) is 0. The van der Waals surface area contributed by atoms with E-state index in [2.05, 4.69) is 9.97 Å². The van der Waals surface area contributed by atoms with Gasteiger partial charge in [0.1, 0.15) is 6.33 Å². The molecule has 76 valence electrons. The van der Waals surface area contributed by atoms with Gasteiger partial charge >= 0.3 is 0 Å². The van der Waals surface area contributed by atoms with Crippen LogP contribution >= 0.6 is 0 Å². The Morgan fingerprint density at radius 2 is 1.94 bits per heavy atom. The van der Waals surface area contributed by atoms with Gasteiger partial charge in [0.25, 0.3) is 0 Å². The number of nitrogens with zero attached hydrogens (tertiary/aromatic N) is 3. The number of ketones is 1. The van der Waals surface area contributed by atoms with Crippen molar-refractivity contribution in [2.45, 2.75) is 0 Å². The number of hydrogen-bond acceptors (Lipinski definition) is 4. The third-order valence-corrected chi connectivity index (χ3v) is 2.08. The Morgan fingerprint density at radius 3 is 2.62 bits per heavy atom. The molecule has 0 amide bonds. The molecule has 0 aliphatic rings. The van der Waals surface area contributed by atoms with Crippen molar-refractivity contribution < 1.29 is 4.79 Å². The van der Waals surface area contributed by atoms with Gasteiger partial charge in [-0.3, -0.25) is 4.79 Å². The Balaban J connectivity index is 2.39. The molecule has 0 bridgehead atoms. The lowest BCUT2D eigenvalue weighted by Crippen LogP contribution is -2.02. The van der Waals surface area contributed by atoms with Crippen LogP contribution in [-0.2, 0) is 0 Å². The molecule has 0 radical (unpaired) electrons. The van der Waals surface area contributed by atoms with Crippen LogP contribution in [-0.4, -0.2) is 15.8 Å². The largest absolute Gasteiger partial charge is 0.288 e. The van der Waals surface area contributed by atoms with Gasteiger partial charge in [-0.05, 0) is 12.1 Å². The van der Waals surface area contributed by atoms with Gasteiger partial charge in [-0.2, -0.15) is 5.26 Å². The molecule has 1 aromatic heterocycles. The van der Waals surface area contributed by atoms with E-state index >= 15 is 0 Å². The first-order valence-electron chi connectivity index (χ1n) is 4.61. The normalized spacial score (nSPS) is 9.44. The van der Waals surface area contributed by atoms with Crippen LogP contribution in [0.4, 0.5) is 0 Å². The van der Waals surface area contributed by atoms with E-state index in [1.54, 1.807) is 24.3 Å². The summed E-state index contributed by atoms with van der Waals surface area (Å²) in [5.74, 6) is -0.183. The van der Waals surface area contributed by atoms with Crippen molar-refractivity contribution in [3.05, 3.63) is 59.7 Å². The zero-order valence-corrected chi connectivity index (χ0v) is 8.29. The molecular formula is C12H7N3O. The zero-order chi connectivity index (χ0) is 11.4. The molecule has 0 saturated heterocycles. The smallest absolute Gasteiger partial charge is 0.196 e. The van der Waals surface area contributed by atoms with Gasteiger partial charge in [-0.25, -0.2) is 9.97 Å². The predicted octanol–water partition coefficient (Wildman–Crippen LogP) is 1.58. The standard InChI is InChI=1S/C12H7N3O/c13-5-9-2-1-3-10(4-9)12(16)11-6-14-8-15-7-11/h1-4,6-8H. The van der Waals surface area contributed by atoms with Crippen LogP contribution in [0.1, 0.15) is 21.5 Å². The summed E-state index contributed by atoms with van der Waals surface area (Å²) in [4.78, 5) is 19.5. The van der Waals surface area contributed by atoms with Gasteiger partial charge in [0.2, 0.25) is 0 Å². The number of carbonyl (C=O) groups excluding carboxylic acids is 1. The number of rotatable bonds is 2. The van der Waals surface area contributed by atoms with Crippen molar-refractivity contribution in [2.24, 2.45) is 0 Å². The summed E-state index contributed by atoms with van der Waals surface area (Å²) in [6.45, 7) is 0. The van der Waals surface area contributed by atoms with Crippen LogP contribution in [0.5, 0.6) is 0 Å². The van der Waals surface area contributed by atoms with Crippen LogP contribution in [0.25, 0.3) is 0 Å². The van der Waals surface area contributed by atoms with Gasteiger partial charge in [-0.1, -0.05) is 12.1 Å². The summed E-state index contributed by atoms with van der Waals surface area (Å²) in [5, 5.41) is 8.73. The van der Waals surface area contributed by atoms with E-state index in [1.165, 1.54) is 18.7 Å². The highest BCUT2D eigenvalue weighted by atomic mass is 16.1. The lowest BCUT2D eigenvalue weighted by atomic mass is 10.0. The summed E-state index contributed by atoms with van der Waals surface area (Å²) < 4.78 is 0. The van der Waals surface area contributed by atoms with Crippen LogP contribution in [0, 0.1) is 11.3 Å². The molecule has 0 unspecified atom stereocenters. The molecule has 4 nitrogen and oxygen atoms in total. The van der Waals surface area contributed by atoms with E-state index in [4.69, 9.17) is 5.26 Å². The SMILES string of the molecule is N#Cc1cccc(C(=O)c2cncnc2)c1. The highest BCUT2D eigenvalue weighted by Gasteiger charge is 2.09. The fourth-order valence-electron chi connectivity index (χ4n) is 1.31. The van der Waals surface area contributed by atoms with E-state index < -0.39 is 0 Å². The predicted molar refractivity (Wildman–Crippen MR) is 56.6 cm³/mol. The first-order chi connectivity index (χ1) is 7.81. The Labute approximate surface area is 92.2 Å². The second-order valence-corrected chi connectivity index (χ2v) is 3.15. The minimum Gasteiger partial charge on any atom is -0.288 e. The van der Waals surface area contributed by atoms with E-state index in [1.807, 2.05) is 6.07 Å². The second kappa shape index (κ2) is 4.32. The highest BCUT2D eigenvalue weighted by molar-refractivity contribution is 6.08. The minimum absolute atomic E-state index is 0.183. The Hall–Kier alpha value is -2.54. The summed E-state index contributed by atoms with van der Waals surface area (Å²) in [7, 11) is 0. The zero-order valence-electron chi connectivity index (χ0n) is 8.29. The summed E-state index contributed by atoms with van der Waals surface area (Å²) in [6.07, 6.45) is 4.27. The Bertz CT molecular complexity index is 558. The van der Waals surface area contributed by atoms with Crippen LogP contribution in [0.2, 0.25) is 0 Å². The molecule has 0 fully saturated rings. The first-order valence-corrected chi connectivity index (χ1v) is 4.61. The molecular weight excluding hydrogens is 202 g/mol. The first kappa shape index (κ1) is 9.99. The maximum Gasteiger partial charge on any atom is 0.196 e. The Morgan fingerprint density at radius 1 is 1.19 bits per heavy atom. The van der Waals surface area contributed by atoms with Crippen LogP contribution in [0.3, 0.4) is 0 Å². The van der Waals surface area contributed by atoms with Crippen molar-refractivity contribution in [1.82, 2.24) is 9.97 Å². The van der Waals surface area contributed by atoms with Crippen molar-refractivity contribution in [3.63, 3.8) is 0 Å². The molecule has 2 aromatic rings. The molecule has 0 N–H and O–H groups in total. The van der Waals surface area contributed by atoms with Crippen molar-refractivity contribution in [2.75, 3.05) is 0 Å². The molecule has 2 rings (SSSR count). The second-order valence-electron chi connectivity index (χ2n) is 3.15. The molecule has 0 spiro atoms. The van der Waals surface area contributed by atoms with Gasteiger partial charge in [0.05, 0.1) is 17.2 Å². The van der Waals surface area contributed by atoms with Gasteiger partial charge in [0, 0.05) is 18.0 Å². The molecule has 16 heavy (non-hydrogen) atoms. The lowest BCUT2D eigenvalue weighted by Gasteiger charge is -1.99. The van der Waals surface area contributed by atoms with Crippen molar-refractivity contribution in [1.29, 1.82) is 5.26 Å². The Kier molecular flexibility index (Phi) is 2.70. The van der Waals surface area contributed by atoms with E-state index in [-0.39, 0.29) is 5.78 Å². The van der Waals surface area contributed by atoms with Gasteiger partial charge < -0.3 is 0 Å². The summed E-state index contributed by atoms with van der Waals surface area (Å²) >= 11 is 0. The molecule has 0 aliphatic heterocycles. The molecule has 1 aromatic carbocycles. The molecule has 0 atom stereocenters. The quantitative estimate of drug-likeness (QED) is 0.704. The van der Waals surface area contributed by atoms with Crippen molar-refractivity contribution in [3.8, 4) is 6.07 Å². The monoisotopic (exact) mass is 209 g/mol. The maximum absolute atomic E-state index is 11.9. The summed E-state index contributed by atoms with van der Waals surface area (Å²) in [6, 6.07) is 8.53. The molecule has 0 aliphatic carbocycles. The number of aromatic nitrogens is 2. The third kappa shape index (κ3) is 1.93. The van der Waals surface area contributed by atoms with Crippen LogP contribution < -0.4 is 0 Å². The summed E-state index contributed by atoms with van der Waals surface area (Å²) in [5.41, 5.74) is 1.34. The van der Waals surface area contributed by atoms with Crippen molar-refractivity contribution >= 4 is 5.78 Å². The average molecular weight is 209 g/mol. The highest BCUT2D eigenvalue weighted by Crippen LogP contribution is 2.09. The average Bonchev–Trinajstić information content (AvgIpc) is 2.39. The van der Waals surface area contributed by atoms with E-state index in [0.29, 0.717) is 16.7 Å². The number of carbonyl (C=O) groups is 1. The van der Waals surface area contributed by atoms with Crippen LogP contribution in [0.15, 0.2) is 43.0 Å². The fourth-order valence-corrected chi connectivity index (χ4v) is 1.31. The number of benzene rings is 1. The number of hydrogen-bond donors (Lipinski definition) is 0. The third-order valence-electron chi connectivity index (χ3n) is 2.08. The van der Waals surface area contributed by atoms with Gasteiger partial charge in [-0.15, -0.1) is 0 Å². The van der Waals surface area contributed by atoms with Gasteiger partial charge in [0.15, 0.2) is 5.78 Å². The van der Waals surface area contributed by atoms with E-state index in [0.717, 1.165) is 0 Å². The lowest BCUT2D eigenvalue weighted by molar-refractivity contribution is 0.103. The minimum atomic E-state index is -0.183. The number of nitriles is 1. The maximum atomic E-state index is 11.9. The molecule has 0 saturated carbocycles. The molecule has 4 heteroatoms. The topological polar surface area (TPSA) is 66.6 Å². The van der Waals surface area contributed by atoms with E-state index in [9.17, 15) is 4.79 Å². The molecule has 1 heterocycles.